The second-order valence-electron chi connectivity index (χ2n) is 4.86. The summed E-state index contributed by atoms with van der Waals surface area (Å²) in [5.41, 5.74) is 1.32. The van der Waals surface area contributed by atoms with Crippen LogP contribution < -0.4 is 0 Å². The Kier molecular flexibility index (Phi) is 3.87. The maximum Gasteiger partial charge on any atom is 0.326 e. The van der Waals surface area contributed by atoms with Crippen molar-refractivity contribution in [3.8, 4) is 0 Å². The number of hydrogen-bond acceptors (Lipinski definition) is 3. The van der Waals surface area contributed by atoms with Crippen LogP contribution in [0, 0.1) is 6.92 Å². The average Bonchev–Trinajstić information content (AvgIpc) is 2.97. The molecular formula is C13H19N3O3. The largest absolute Gasteiger partial charge is 0.480 e. The van der Waals surface area contributed by atoms with Gasteiger partial charge in [0.25, 0.3) is 5.91 Å². The molecule has 1 aliphatic heterocycles. The maximum atomic E-state index is 12.4. The van der Waals surface area contributed by atoms with Crippen molar-refractivity contribution in [1.82, 2.24) is 14.7 Å². The van der Waals surface area contributed by atoms with E-state index in [1.54, 1.807) is 10.9 Å². The van der Waals surface area contributed by atoms with E-state index in [4.69, 9.17) is 5.11 Å². The SMILES string of the molecule is CCCn1ncc(C(=O)N2CCCC2C(=O)O)c1C. The van der Waals surface area contributed by atoms with Crippen molar-refractivity contribution in [3.63, 3.8) is 0 Å². The molecule has 1 N–H and O–H groups in total. The monoisotopic (exact) mass is 265 g/mol. The van der Waals surface area contributed by atoms with Crippen LogP contribution in [0.3, 0.4) is 0 Å². The van der Waals surface area contributed by atoms with Crippen LogP contribution in [0.1, 0.15) is 42.2 Å². The zero-order valence-electron chi connectivity index (χ0n) is 11.3. The van der Waals surface area contributed by atoms with Crippen molar-refractivity contribution in [2.45, 2.75) is 45.7 Å². The Bertz CT molecular complexity index is 495. The van der Waals surface area contributed by atoms with E-state index in [0.29, 0.717) is 18.5 Å². The summed E-state index contributed by atoms with van der Waals surface area (Å²) in [6.45, 7) is 5.17. The number of carboxylic acids is 1. The van der Waals surface area contributed by atoms with Crippen LogP contribution in [-0.4, -0.2) is 44.3 Å². The lowest BCUT2D eigenvalue weighted by Crippen LogP contribution is -2.40. The van der Waals surface area contributed by atoms with Crippen molar-refractivity contribution < 1.29 is 14.7 Å². The zero-order valence-corrected chi connectivity index (χ0v) is 11.3. The second-order valence-corrected chi connectivity index (χ2v) is 4.86. The number of hydrogen-bond donors (Lipinski definition) is 1. The van der Waals surface area contributed by atoms with Gasteiger partial charge in [-0.25, -0.2) is 4.79 Å². The van der Waals surface area contributed by atoms with Gasteiger partial charge in [0, 0.05) is 18.8 Å². The number of carbonyl (C=O) groups is 2. The predicted octanol–water partition coefficient (Wildman–Crippen LogP) is 1.29. The molecule has 1 fully saturated rings. The molecule has 0 aliphatic carbocycles. The molecule has 6 heteroatoms. The van der Waals surface area contributed by atoms with Crippen LogP contribution in [0.5, 0.6) is 0 Å². The third-order valence-corrected chi connectivity index (χ3v) is 3.57. The number of carboxylic acid groups (broad SMARTS) is 1. The number of aliphatic carboxylic acids is 1. The summed E-state index contributed by atoms with van der Waals surface area (Å²) >= 11 is 0. The van der Waals surface area contributed by atoms with Gasteiger partial charge in [0.15, 0.2) is 0 Å². The molecular weight excluding hydrogens is 246 g/mol. The van der Waals surface area contributed by atoms with Gasteiger partial charge in [-0.15, -0.1) is 0 Å². The lowest BCUT2D eigenvalue weighted by atomic mass is 10.2. The number of rotatable bonds is 4. The zero-order chi connectivity index (χ0) is 14.0. The van der Waals surface area contributed by atoms with Crippen LogP contribution in [-0.2, 0) is 11.3 Å². The molecule has 1 unspecified atom stereocenters. The smallest absolute Gasteiger partial charge is 0.326 e. The quantitative estimate of drug-likeness (QED) is 0.890. The Hall–Kier alpha value is -1.85. The molecule has 0 radical (unpaired) electrons. The van der Waals surface area contributed by atoms with Crippen LogP contribution >= 0.6 is 0 Å². The Morgan fingerprint density at radius 2 is 2.26 bits per heavy atom. The second kappa shape index (κ2) is 5.42. The van der Waals surface area contributed by atoms with Crippen molar-refractivity contribution >= 4 is 11.9 Å². The molecule has 2 heterocycles. The van der Waals surface area contributed by atoms with E-state index >= 15 is 0 Å². The summed E-state index contributed by atoms with van der Waals surface area (Å²) in [5.74, 6) is -1.14. The van der Waals surface area contributed by atoms with Crippen molar-refractivity contribution in [2.75, 3.05) is 6.54 Å². The highest BCUT2D eigenvalue weighted by molar-refractivity contribution is 5.97. The summed E-state index contributed by atoms with van der Waals surface area (Å²) in [4.78, 5) is 25.0. The van der Waals surface area contributed by atoms with Crippen LogP contribution in [0.15, 0.2) is 6.20 Å². The van der Waals surface area contributed by atoms with Crippen molar-refractivity contribution in [1.29, 1.82) is 0 Å². The topological polar surface area (TPSA) is 75.4 Å². The Balaban J connectivity index is 2.22. The lowest BCUT2D eigenvalue weighted by Gasteiger charge is -2.21. The van der Waals surface area contributed by atoms with Gasteiger partial charge < -0.3 is 10.0 Å². The number of aryl methyl sites for hydroxylation is 1. The predicted molar refractivity (Wildman–Crippen MR) is 68.9 cm³/mol. The summed E-state index contributed by atoms with van der Waals surface area (Å²) in [6.07, 6.45) is 3.76. The van der Waals surface area contributed by atoms with Gasteiger partial charge in [0.1, 0.15) is 6.04 Å². The number of nitrogens with zero attached hydrogens (tertiary/aromatic N) is 3. The van der Waals surface area contributed by atoms with E-state index in [-0.39, 0.29) is 5.91 Å². The highest BCUT2D eigenvalue weighted by Gasteiger charge is 2.35. The fourth-order valence-corrected chi connectivity index (χ4v) is 2.51. The summed E-state index contributed by atoms with van der Waals surface area (Å²) in [5, 5.41) is 13.3. The third-order valence-electron chi connectivity index (χ3n) is 3.57. The molecule has 104 valence electrons. The third kappa shape index (κ3) is 2.47. The molecule has 1 atom stereocenters. The molecule has 2 rings (SSSR count). The van der Waals surface area contributed by atoms with Crippen molar-refractivity contribution in [3.05, 3.63) is 17.5 Å². The molecule has 0 saturated carbocycles. The first-order chi connectivity index (χ1) is 9.06. The van der Waals surface area contributed by atoms with Gasteiger partial charge in [-0.1, -0.05) is 6.92 Å². The Labute approximate surface area is 112 Å². The molecule has 0 aromatic carbocycles. The Morgan fingerprint density at radius 3 is 2.89 bits per heavy atom. The molecule has 6 nitrogen and oxygen atoms in total. The van der Waals surface area contributed by atoms with E-state index in [0.717, 1.165) is 25.1 Å². The molecule has 19 heavy (non-hydrogen) atoms. The van der Waals surface area contributed by atoms with E-state index in [2.05, 4.69) is 5.10 Å². The van der Waals surface area contributed by atoms with E-state index in [1.807, 2.05) is 13.8 Å². The van der Waals surface area contributed by atoms with Crippen LogP contribution in [0.25, 0.3) is 0 Å². The molecule has 0 spiro atoms. The summed E-state index contributed by atoms with van der Waals surface area (Å²) < 4.78 is 1.79. The number of carbonyl (C=O) groups excluding carboxylic acids is 1. The lowest BCUT2D eigenvalue weighted by molar-refractivity contribution is -0.141. The van der Waals surface area contributed by atoms with Gasteiger partial charge in [0.05, 0.1) is 11.8 Å². The first-order valence-electron chi connectivity index (χ1n) is 6.62. The number of amides is 1. The standard InChI is InChI=1S/C13H19N3O3/c1-3-6-16-9(2)10(8-14-16)12(17)15-7-4-5-11(15)13(18)19/h8,11H,3-7H2,1-2H3,(H,18,19). The van der Waals surface area contributed by atoms with E-state index in [9.17, 15) is 9.59 Å². The molecule has 1 amide bonds. The maximum absolute atomic E-state index is 12.4. The van der Waals surface area contributed by atoms with E-state index < -0.39 is 12.0 Å². The minimum absolute atomic E-state index is 0.218. The summed E-state index contributed by atoms with van der Waals surface area (Å²) in [6, 6.07) is -0.693. The fraction of sp³-hybridized carbons (Fsp3) is 0.615. The van der Waals surface area contributed by atoms with Gasteiger partial charge in [-0.3, -0.25) is 9.48 Å². The number of aromatic nitrogens is 2. The molecule has 1 saturated heterocycles. The number of likely N-dealkylation sites (tertiary alicyclic amines) is 1. The summed E-state index contributed by atoms with van der Waals surface area (Å²) in [7, 11) is 0. The van der Waals surface area contributed by atoms with E-state index in [1.165, 1.54) is 4.90 Å². The van der Waals surface area contributed by atoms with Gasteiger partial charge in [-0.2, -0.15) is 5.10 Å². The van der Waals surface area contributed by atoms with Gasteiger partial charge in [-0.05, 0) is 26.2 Å². The van der Waals surface area contributed by atoms with Crippen LogP contribution in [0.4, 0.5) is 0 Å². The fourth-order valence-electron chi connectivity index (χ4n) is 2.51. The minimum atomic E-state index is -0.926. The first-order valence-corrected chi connectivity index (χ1v) is 6.62. The van der Waals surface area contributed by atoms with Gasteiger partial charge in [0.2, 0.25) is 0 Å². The Morgan fingerprint density at radius 1 is 1.53 bits per heavy atom. The molecule has 1 aromatic rings. The first kappa shape index (κ1) is 13.6. The van der Waals surface area contributed by atoms with Crippen molar-refractivity contribution in [2.24, 2.45) is 0 Å². The minimum Gasteiger partial charge on any atom is -0.480 e. The molecule has 0 bridgehead atoms. The highest BCUT2D eigenvalue weighted by Crippen LogP contribution is 2.21. The molecule has 1 aromatic heterocycles. The highest BCUT2D eigenvalue weighted by atomic mass is 16.4. The average molecular weight is 265 g/mol. The van der Waals surface area contributed by atoms with Gasteiger partial charge >= 0.3 is 5.97 Å². The normalized spacial score (nSPS) is 18.8. The van der Waals surface area contributed by atoms with Crippen LogP contribution in [0.2, 0.25) is 0 Å². The molecule has 1 aliphatic rings.